The monoisotopic (exact) mass is 320 g/mol. The Hall–Kier alpha value is -2.88. The number of ether oxygens (including phenoxy) is 1. The summed E-state index contributed by atoms with van der Waals surface area (Å²) in [6, 6.07) is 19.1. The molecule has 3 aromatic rings. The Labute approximate surface area is 141 Å². The van der Waals surface area contributed by atoms with E-state index in [2.05, 4.69) is 4.98 Å². The van der Waals surface area contributed by atoms with Crippen molar-refractivity contribution in [1.29, 1.82) is 0 Å². The summed E-state index contributed by atoms with van der Waals surface area (Å²) in [7, 11) is 0. The van der Waals surface area contributed by atoms with Crippen molar-refractivity contribution < 1.29 is 4.74 Å². The first kappa shape index (κ1) is 16.0. The van der Waals surface area contributed by atoms with Crippen LogP contribution in [0.2, 0.25) is 0 Å². The molecule has 0 fully saturated rings. The van der Waals surface area contributed by atoms with Crippen LogP contribution in [0, 0.1) is 13.8 Å². The van der Waals surface area contributed by atoms with Crippen LogP contribution in [-0.4, -0.2) is 9.55 Å². The fourth-order valence-electron chi connectivity index (χ4n) is 2.51. The van der Waals surface area contributed by atoms with Gasteiger partial charge >= 0.3 is 0 Å². The summed E-state index contributed by atoms with van der Waals surface area (Å²) >= 11 is 0. The number of nitrogens with zero attached hydrogens (tertiary/aromatic N) is 2. The molecule has 0 aliphatic rings. The van der Waals surface area contributed by atoms with E-state index in [-0.39, 0.29) is 5.56 Å². The van der Waals surface area contributed by atoms with Crippen LogP contribution in [0.15, 0.2) is 65.5 Å². The zero-order valence-electron chi connectivity index (χ0n) is 13.9. The highest BCUT2D eigenvalue weighted by atomic mass is 16.5. The number of benzene rings is 1. The van der Waals surface area contributed by atoms with Crippen LogP contribution in [0.3, 0.4) is 0 Å². The lowest BCUT2D eigenvalue weighted by atomic mass is 10.1. The van der Waals surface area contributed by atoms with Gasteiger partial charge in [0.1, 0.15) is 6.61 Å². The fraction of sp³-hybridized carbons (Fsp3) is 0.200. The van der Waals surface area contributed by atoms with Gasteiger partial charge in [-0.05, 0) is 37.1 Å². The lowest BCUT2D eigenvalue weighted by molar-refractivity contribution is 0.293. The number of aromatic nitrogens is 2. The lowest BCUT2D eigenvalue weighted by Gasteiger charge is -2.10. The molecule has 24 heavy (non-hydrogen) atoms. The standard InChI is InChI=1S/C20H20N2O2/c1-15-5-3-7-19(21-15)24-14-18-11-9-17(10-12-18)13-22-16(2)6-4-8-20(22)23/h3-12H,13-14H2,1-2H3. The van der Waals surface area contributed by atoms with E-state index in [4.69, 9.17) is 4.74 Å². The van der Waals surface area contributed by atoms with Crippen LogP contribution in [0.25, 0.3) is 0 Å². The molecule has 2 heterocycles. The smallest absolute Gasteiger partial charge is 0.251 e. The van der Waals surface area contributed by atoms with E-state index in [1.165, 1.54) is 0 Å². The predicted molar refractivity (Wildman–Crippen MR) is 94.3 cm³/mol. The van der Waals surface area contributed by atoms with Crippen LogP contribution < -0.4 is 10.3 Å². The Bertz CT molecular complexity index is 883. The molecule has 122 valence electrons. The molecule has 0 unspecified atom stereocenters. The van der Waals surface area contributed by atoms with Crippen LogP contribution in [0.5, 0.6) is 5.88 Å². The average molecular weight is 320 g/mol. The van der Waals surface area contributed by atoms with Crippen molar-refractivity contribution in [2.45, 2.75) is 27.0 Å². The Morgan fingerprint density at radius 2 is 1.62 bits per heavy atom. The molecule has 0 radical (unpaired) electrons. The zero-order valence-corrected chi connectivity index (χ0v) is 13.9. The highest BCUT2D eigenvalue weighted by Gasteiger charge is 2.02. The maximum Gasteiger partial charge on any atom is 0.251 e. The molecule has 0 saturated carbocycles. The molecule has 0 amide bonds. The SMILES string of the molecule is Cc1cccc(OCc2ccc(Cn3c(C)cccc3=O)cc2)n1. The Kier molecular flexibility index (Phi) is 4.75. The van der Waals surface area contributed by atoms with E-state index in [0.29, 0.717) is 19.0 Å². The molecule has 0 bridgehead atoms. The second-order valence-corrected chi connectivity index (χ2v) is 5.81. The van der Waals surface area contributed by atoms with Gasteiger partial charge in [0.15, 0.2) is 0 Å². The molecule has 2 aromatic heterocycles. The van der Waals surface area contributed by atoms with E-state index in [9.17, 15) is 4.79 Å². The van der Waals surface area contributed by atoms with E-state index in [1.54, 1.807) is 16.7 Å². The Balaban J connectivity index is 1.66. The third-order valence-electron chi connectivity index (χ3n) is 3.88. The van der Waals surface area contributed by atoms with Crippen LogP contribution in [-0.2, 0) is 13.2 Å². The molecule has 0 atom stereocenters. The maximum atomic E-state index is 11.9. The molecule has 0 aliphatic heterocycles. The van der Waals surface area contributed by atoms with Gasteiger partial charge in [0.05, 0.1) is 6.54 Å². The van der Waals surface area contributed by atoms with Crippen molar-refractivity contribution in [3.05, 3.63) is 93.5 Å². The molecule has 0 aliphatic carbocycles. The molecular weight excluding hydrogens is 300 g/mol. The van der Waals surface area contributed by atoms with Crippen LogP contribution >= 0.6 is 0 Å². The van der Waals surface area contributed by atoms with Gasteiger partial charge in [-0.25, -0.2) is 4.98 Å². The summed E-state index contributed by atoms with van der Waals surface area (Å²) in [5.41, 5.74) is 4.07. The molecule has 3 rings (SSSR count). The van der Waals surface area contributed by atoms with E-state index < -0.39 is 0 Å². The molecule has 0 saturated heterocycles. The van der Waals surface area contributed by atoms with Gasteiger partial charge in [0.2, 0.25) is 5.88 Å². The first-order valence-corrected chi connectivity index (χ1v) is 7.92. The number of rotatable bonds is 5. The second kappa shape index (κ2) is 7.13. The Morgan fingerprint density at radius 1 is 0.917 bits per heavy atom. The minimum absolute atomic E-state index is 0.0212. The number of hydrogen-bond donors (Lipinski definition) is 0. The summed E-state index contributed by atoms with van der Waals surface area (Å²) in [6.45, 7) is 4.93. The van der Waals surface area contributed by atoms with Gasteiger partial charge in [-0.1, -0.05) is 36.4 Å². The summed E-state index contributed by atoms with van der Waals surface area (Å²) < 4.78 is 7.47. The van der Waals surface area contributed by atoms with Crippen LogP contribution in [0.4, 0.5) is 0 Å². The van der Waals surface area contributed by atoms with E-state index in [0.717, 1.165) is 22.5 Å². The molecule has 4 heteroatoms. The van der Waals surface area contributed by atoms with Gasteiger partial charge in [-0.2, -0.15) is 0 Å². The zero-order chi connectivity index (χ0) is 16.9. The number of aryl methyl sites for hydroxylation is 2. The summed E-state index contributed by atoms with van der Waals surface area (Å²) in [4.78, 5) is 16.3. The van der Waals surface area contributed by atoms with E-state index in [1.807, 2.05) is 62.4 Å². The highest BCUT2D eigenvalue weighted by molar-refractivity contribution is 5.24. The summed E-state index contributed by atoms with van der Waals surface area (Å²) in [5.74, 6) is 0.630. The quantitative estimate of drug-likeness (QED) is 0.723. The number of hydrogen-bond acceptors (Lipinski definition) is 3. The van der Waals surface area contributed by atoms with Crippen molar-refractivity contribution in [1.82, 2.24) is 9.55 Å². The largest absolute Gasteiger partial charge is 0.473 e. The molecular formula is C20H20N2O2. The Morgan fingerprint density at radius 3 is 2.33 bits per heavy atom. The average Bonchev–Trinajstić information content (AvgIpc) is 2.58. The first-order chi connectivity index (χ1) is 11.6. The van der Waals surface area contributed by atoms with Crippen molar-refractivity contribution in [2.24, 2.45) is 0 Å². The molecule has 0 spiro atoms. The fourth-order valence-corrected chi connectivity index (χ4v) is 2.51. The third kappa shape index (κ3) is 3.90. The minimum Gasteiger partial charge on any atom is -0.473 e. The summed E-state index contributed by atoms with van der Waals surface area (Å²) in [5, 5.41) is 0. The van der Waals surface area contributed by atoms with Crippen LogP contribution in [0.1, 0.15) is 22.5 Å². The van der Waals surface area contributed by atoms with Gasteiger partial charge in [0, 0.05) is 23.5 Å². The molecule has 1 aromatic carbocycles. The topological polar surface area (TPSA) is 44.1 Å². The third-order valence-corrected chi connectivity index (χ3v) is 3.88. The van der Waals surface area contributed by atoms with Gasteiger partial charge in [-0.15, -0.1) is 0 Å². The minimum atomic E-state index is 0.0212. The van der Waals surface area contributed by atoms with Crippen molar-refractivity contribution in [3.63, 3.8) is 0 Å². The molecule has 4 nitrogen and oxygen atoms in total. The van der Waals surface area contributed by atoms with Gasteiger partial charge in [0.25, 0.3) is 5.56 Å². The van der Waals surface area contributed by atoms with Crippen molar-refractivity contribution in [2.75, 3.05) is 0 Å². The highest BCUT2D eigenvalue weighted by Crippen LogP contribution is 2.12. The normalized spacial score (nSPS) is 10.6. The van der Waals surface area contributed by atoms with Gasteiger partial charge in [-0.3, -0.25) is 4.79 Å². The first-order valence-electron chi connectivity index (χ1n) is 7.92. The number of pyridine rings is 2. The lowest BCUT2D eigenvalue weighted by Crippen LogP contribution is -2.21. The van der Waals surface area contributed by atoms with Crippen molar-refractivity contribution >= 4 is 0 Å². The van der Waals surface area contributed by atoms with E-state index >= 15 is 0 Å². The van der Waals surface area contributed by atoms with Crippen molar-refractivity contribution in [3.8, 4) is 5.88 Å². The summed E-state index contributed by atoms with van der Waals surface area (Å²) in [6.07, 6.45) is 0. The second-order valence-electron chi connectivity index (χ2n) is 5.81. The predicted octanol–water partition coefficient (Wildman–Crippen LogP) is 3.49. The maximum absolute atomic E-state index is 11.9. The molecule has 0 N–H and O–H groups in total. The van der Waals surface area contributed by atoms with Gasteiger partial charge < -0.3 is 9.30 Å².